The number of nitrogens with one attached hydrogen (secondary N) is 1. The zero-order chi connectivity index (χ0) is 16.8. The van der Waals surface area contributed by atoms with E-state index in [1.807, 2.05) is 0 Å². The summed E-state index contributed by atoms with van der Waals surface area (Å²) in [5, 5.41) is 9.82. The number of phenols is 1. The Hall–Kier alpha value is -3.22. The number of amides is 2. The number of rotatable bonds is 6. The number of benzene rings is 2. The summed E-state index contributed by atoms with van der Waals surface area (Å²) >= 11 is 0. The largest absolute Gasteiger partial charge is 0.508 e. The molecule has 23 heavy (non-hydrogen) atoms. The van der Waals surface area contributed by atoms with Gasteiger partial charge in [0.1, 0.15) is 5.75 Å². The van der Waals surface area contributed by atoms with Gasteiger partial charge in [-0.25, -0.2) is 0 Å². The topological polar surface area (TPSA) is 111 Å². The normalized spacial score (nSPS) is 9.96. The monoisotopic (exact) mass is 316 g/mol. The third kappa shape index (κ3) is 3.91. The molecule has 0 saturated carbocycles. The van der Waals surface area contributed by atoms with Crippen molar-refractivity contribution in [2.75, 3.05) is 7.11 Å². The first kappa shape index (κ1) is 16.2. The van der Waals surface area contributed by atoms with Crippen molar-refractivity contribution in [3.8, 4) is 17.2 Å². The van der Waals surface area contributed by atoms with Crippen LogP contribution in [0.25, 0.3) is 0 Å². The number of ether oxygens (including phenoxy) is 1. The van der Waals surface area contributed by atoms with Crippen LogP contribution < -0.4 is 20.8 Å². The lowest BCUT2D eigenvalue weighted by molar-refractivity contribution is -0.117. The molecule has 2 aromatic rings. The molecule has 2 rings (SSSR count). The van der Waals surface area contributed by atoms with Crippen LogP contribution in [-0.2, 0) is 11.2 Å². The molecule has 0 aliphatic carbocycles. The molecule has 0 fully saturated rings. The van der Waals surface area contributed by atoms with Crippen LogP contribution in [0.2, 0.25) is 0 Å². The fraction of sp³-hybridized carbons (Fsp3) is 0.125. The first-order valence-electron chi connectivity index (χ1n) is 6.72. The van der Waals surface area contributed by atoms with Gasteiger partial charge in [-0.15, -0.1) is 0 Å². The van der Waals surface area contributed by atoms with E-state index in [0.29, 0.717) is 5.56 Å². The number of hydrogen-bond acceptors (Lipinski definition) is 5. The number of hydrogen-bond donors (Lipinski definition) is 3. The Morgan fingerprint density at radius 2 is 1.87 bits per heavy atom. The highest BCUT2D eigenvalue weighted by Crippen LogP contribution is 2.36. The predicted molar refractivity (Wildman–Crippen MR) is 82.1 cm³/mol. The summed E-state index contributed by atoms with van der Waals surface area (Å²) in [4.78, 5) is 28.3. The van der Waals surface area contributed by atoms with E-state index < -0.39 is 11.8 Å². The van der Waals surface area contributed by atoms with E-state index in [0.717, 1.165) is 0 Å². The van der Waals surface area contributed by atoms with Crippen LogP contribution in [0.5, 0.6) is 17.2 Å². The molecule has 0 aromatic heterocycles. The molecule has 7 heteroatoms. The summed E-state index contributed by atoms with van der Waals surface area (Å²) in [5.74, 6) is -0.966. The number of hydroxylamine groups is 1. The molecule has 0 spiro atoms. The molecule has 0 aliphatic rings. The molecule has 7 nitrogen and oxygen atoms in total. The van der Waals surface area contributed by atoms with E-state index in [1.54, 1.807) is 30.3 Å². The first-order valence-corrected chi connectivity index (χ1v) is 6.72. The van der Waals surface area contributed by atoms with Gasteiger partial charge in [0.05, 0.1) is 13.5 Å². The number of phenolic OH excluding ortho intramolecular Hbond substituents is 1. The lowest BCUT2D eigenvalue weighted by Gasteiger charge is -2.14. The molecule has 2 amide bonds. The van der Waals surface area contributed by atoms with E-state index in [2.05, 4.69) is 5.48 Å². The van der Waals surface area contributed by atoms with E-state index in [1.165, 1.54) is 19.2 Å². The molecule has 0 aliphatic heterocycles. The number of primary amides is 1. The molecular formula is C16H16N2O5. The van der Waals surface area contributed by atoms with Gasteiger partial charge >= 0.3 is 0 Å². The molecule has 0 saturated heterocycles. The summed E-state index contributed by atoms with van der Waals surface area (Å²) in [6, 6.07) is 11.2. The average molecular weight is 316 g/mol. The highest BCUT2D eigenvalue weighted by atomic mass is 16.7. The van der Waals surface area contributed by atoms with Gasteiger partial charge in [0.2, 0.25) is 5.91 Å². The second-order valence-corrected chi connectivity index (χ2v) is 4.64. The third-order valence-corrected chi connectivity index (χ3v) is 3.04. The highest BCUT2D eigenvalue weighted by molar-refractivity contribution is 5.93. The Labute approximate surface area is 132 Å². The van der Waals surface area contributed by atoms with Crippen molar-refractivity contribution >= 4 is 11.8 Å². The van der Waals surface area contributed by atoms with Crippen LogP contribution in [0.4, 0.5) is 0 Å². The van der Waals surface area contributed by atoms with Crippen molar-refractivity contribution in [2.45, 2.75) is 6.42 Å². The van der Waals surface area contributed by atoms with Crippen molar-refractivity contribution in [3.63, 3.8) is 0 Å². The molecule has 120 valence electrons. The van der Waals surface area contributed by atoms with Gasteiger partial charge in [0, 0.05) is 11.1 Å². The standard InChI is InChI=1S/C16H16N2O5/c1-22-15-11(9-14(17)20)12(19)7-8-13(15)23-18-16(21)10-5-3-2-4-6-10/h2-8,19H,9H2,1H3,(H2,17,20)(H,18,21). The van der Waals surface area contributed by atoms with Gasteiger partial charge in [-0.1, -0.05) is 18.2 Å². The molecule has 2 aromatic carbocycles. The van der Waals surface area contributed by atoms with E-state index in [-0.39, 0.29) is 29.2 Å². The van der Waals surface area contributed by atoms with Crippen molar-refractivity contribution in [1.82, 2.24) is 5.48 Å². The summed E-state index contributed by atoms with van der Waals surface area (Å²) in [6.45, 7) is 0. The van der Waals surface area contributed by atoms with E-state index in [4.69, 9.17) is 15.3 Å². The number of nitrogens with two attached hydrogens (primary N) is 1. The maximum atomic E-state index is 11.9. The fourth-order valence-electron chi connectivity index (χ4n) is 1.99. The SMILES string of the molecule is COc1c(ONC(=O)c2ccccc2)ccc(O)c1CC(N)=O. The van der Waals surface area contributed by atoms with E-state index in [9.17, 15) is 14.7 Å². The van der Waals surface area contributed by atoms with Gasteiger partial charge in [-0.05, 0) is 24.3 Å². The van der Waals surface area contributed by atoms with Crippen molar-refractivity contribution in [2.24, 2.45) is 5.73 Å². The molecule has 0 heterocycles. The summed E-state index contributed by atoms with van der Waals surface area (Å²) in [5.41, 5.74) is 8.03. The van der Waals surface area contributed by atoms with Crippen molar-refractivity contribution < 1.29 is 24.3 Å². The van der Waals surface area contributed by atoms with Gasteiger partial charge in [0.15, 0.2) is 11.5 Å². The van der Waals surface area contributed by atoms with Crippen LogP contribution >= 0.6 is 0 Å². The number of aromatic hydroxyl groups is 1. The van der Waals surface area contributed by atoms with Crippen LogP contribution in [-0.4, -0.2) is 24.0 Å². The molecule has 0 bridgehead atoms. The van der Waals surface area contributed by atoms with Gasteiger partial charge in [-0.2, -0.15) is 5.48 Å². The number of carbonyl (C=O) groups is 2. The van der Waals surface area contributed by atoms with Crippen LogP contribution in [0.1, 0.15) is 15.9 Å². The third-order valence-electron chi connectivity index (χ3n) is 3.04. The van der Waals surface area contributed by atoms with Crippen LogP contribution in [0.15, 0.2) is 42.5 Å². The summed E-state index contributed by atoms with van der Waals surface area (Å²) in [6.07, 6.45) is -0.223. The quantitative estimate of drug-likeness (QED) is 0.692. The molecule has 0 radical (unpaired) electrons. The van der Waals surface area contributed by atoms with Gasteiger partial charge in [0.25, 0.3) is 5.91 Å². The van der Waals surface area contributed by atoms with Crippen molar-refractivity contribution in [1.29, 1.82) is 0 Å². The van der Waals surface area contributed by atoms with Gasteiger partial charge < -0.3 is 20.4 Å². The maximum Gasteiger partial charge on any atom is 0.283 e. The highest BCUT2D eigenvalue weighted by Gasteiger charge is 2.18. The summed E-state index contributed by atoms with van der Waals surface area (Å²) in [7, 11) is 1.35. The van der Waals surface area contributed by atoms with Crippen molar-refractivity contribution in [3.05, 3.63) is 53.6 Å². The first-order chi connectivity index (χ1) is 11.0. The molecule has 0 atom stereocenters. The fourth-order valence-corrected chi connectivity index (χ4v) is 1.99. The predicted octanol–water partition coefficient (Wildman–Crippen LogP) is 1.15. The van der Waals surface area contributed by atoms with Crippen LogP contribution in [0, 0.1) is 0 Å². The molecule has 0 unspecified atom stereocenters. The second kappa shape index (κ2) is 7.17. The van der Waals surface area contributed by atoms with Crippen LogP contribution in [0.3, 0.4) is 0 Å². The Morgan fingerprint density at radius 1 is 1.17 bits per heavy atom. The lowest BCUT2D eigenvalue weighted by atomic mass is 10.1. The minimum Gasteiger partial charge on any atom is -0.508 e. The Bertz CT molecular complexity index is 716. The van der Waals surface area contributed by atoms with Gasteiger partial charge in [-0.3, -0.25) is 9.59 Å². The zero-order valence-corrected chi connectivity index (χ0v) is 12.4. The summed E-state index contributed by atoms with van der Waals surface area (Å²) < 4.78 is 5.15. The Kier molecular flexibility index (Phi) is 5.03. The minimum absolute atomic E-state index is 0.122. The minimum atomic E-state index is -0.635. The second-order valence-electron chi connectivity index (χ2n) is 4.64. The number of methoxy groups -OCH3 is 1. The average Bonchev–Trinajstić information content (AvgIpc) is 2.55. The molecule has 4 N–H and O–H groups in total. The Morgan fingerprint density at radius 3 is 2.48 bits per heavy atom. The van der Waals surface area contributed by atoms with E-state index >= 15 is 0 Å². The number of carbonyl (C=O) groups excluding carboxylic acids is 2. The lowest BCUT2D eigenvalue weighted by Crippen LogP contribution is -2.27. The maximum absolute atomic E-state index is 11.9. The Balaban J connectivity index is 2.20. The zero-order valence-electron chi connectivity index (χ0n) is 12.4. The smallest absolute Gasteiger partial charge is 0.283 e. The molecular weight excluding hydrogens is 300 g/mol.